The third kappa shape index (κ3) is 5.74. The number of rotatable bonds is 10. The lowest BCUT2D eigenvalue weighted by molar-refractivity contribution is -0.121. The van der Waals surface area contributed by atoms with E-state index in [0.29, 0.717) is 23.7 Å². The Labute approximate surface area is 186 Å². The van der Waals surface area contributed by atoms with Crippen molar-refractivity contribution < 1.29 is 27.5 Å². The molecular formula is C22H23N3O6S. The first-order chi connectivity index (χ1) is 15.4. The maximum Gasteiger partial charge on any atom is 0.255 e. The molecule has 1 aromatic heterocycles. The van der Waals surface area contributed by atoms with E-state index in [0.717, 1.165) is 4.31 Å². The zero-order valence-corrected chi connectivity index (χ0v) is 18.2. The van der Waals surface area contributed by atoms with Crippen molar-refractivity contribution in [2.75, 3.05) is 13.2 Å². The summed E-state index contributed by atoms with van der Waals surface area (Å²) < 4.78 is 37.7. The lowest BCUT2D eigenvalue weighted by Gasteiger charge is -2.20. The Morgan fingerprint density at radius 1 is 1.16 bits per heavy atom. The van der Waals surface area contributed by atoms with Gasteiger partial charge in [0.1, 0.15) is 5.76 Å². The number of sulfonamides is 1. The van der Waals surface area contributed by atoms with Crippen molar-refractivity contribution >= 4 is 22.1 Å². The van der Waals surface area contributed by atoms with Crippen molar-refractivity contribution in [1.29, 1.82) is 0 Å². The number of furan rings is 1. The first-order valence-corrected chi connectivity index (χ1v) is 11.2. The van der Waals surface area contributed by atoms with Crippen molar-refractivity contribution in [1.82, 2.24) is 9.73 Å². The molecule has 3 aromatic rings. The van der Waals surface area contributed by atoms with Gasteiger partial charge in [-0.05, 0) is 43.3 Å². The van der Waals surface area contributed by atoms with Crippen LogP contribution in [-0.4, -0.2) is 43.1 Å². The van der Waals surface area contributed by atoms with Crippen molar-refractivity contribution in [3.05, 3.63) is 78.3 Å². The molecule has 1 amide bonds. The number of phenolic OH excluding ortho intramolecular Hbond substituents is 1. The number of amides is 1. The second kappa shape index (κ2) is 10.6. The van der Waals surface area contributed by atoms with Gasteiger partial charge in [0.15, 0.2) is 11.5 Å². The summed E-state index contributed by atoms with van der Waals surface area (Å²) >= 11 is 0. The molecule has 0 spiro atoms. The van der Waals surface area contributed by atoms with Gasteiger partial charge >= 0.3 is 0 Å². The highest BCUT2D eigenvalue weighted by atomic mass is 32.2. The summed E-state index contributed by atoms with van der Waals surface area (Å²) in [5, 5.41) is 14.0. The molecule has 168 valence electrons. The Bertz CT molecular complexity index is 1160. The number of aromatic hydroxyl groups is 1. The average Bonchev–Trinajstić information content (AvgIpc) is 3.30. The number of nitrogens with zero attached hydrogens (tertiary/aromatic N) is 2. The zero-order valence-electron chi connectivity index (χ0n) is 17.3. The monoisotopic (exact) mass is 457 g/mol. The summed E-state index contributed by atoms with van der Waals surface area (Å²) in [5.41, 5.74) is 2.62. The van der Waals surface area contributed by atoms with Crippen LogP contribution in [0.1, 0.15) is 18.2 Å². The van der Waals surface area contributed by atoms with E-state index in [-0.39, 0.29) is 17.2 Å². The maximum absolute atomic E-state index is 13.1. The molecule has 0 radical (unpaired) electrons. The van der Waals surface area contributed by atoms with Gasteiger partial charge in [-0.2, -0.15) is 9.41 Å². The van der Waals surface area contributed by atoms with Crippen molar-refractivity contribution in [2.24, 2.45) is 5.10 Å². The highest BCUT2D eigenvalue weighted by Crippen LogP contribution is 2.28. The molecule has 0 unspecified atom stereocenters. The minimum atomic E-state index is -3.96. The number of hydrogen-bond donors (Lipinski definition) is 2. The number of phenols is 1. The van der Waals surface area contributed by atoms with Crippen LogP contribution >= 0.6 is 0 Å². The Hall–Kier alpha value is -3.63. The SMILES string of the molecule is CCOc1cccc(/C=N\NC(=O)CN(Cc2ccco2)S(=O)(=O)c2ccccc2)c1O. The van der Waals surface area contributed by atoms with E-state index in [1.807, 2.05) is 0 Å². The smallest absolute Gasteiger partial charge is 0.255 e. The number of ether oxygens (including phenoxy) is 1. The van der Waals surface area contributed by atoms with E-state index < -0.39 is 22.5 Å². The van der Waals surface area contributed by atoms with Crippen molar-refractivity contribution in [2.45, 2.75) is 18.4 Å². The van der Waals surface area contributed by atoms with Crippen LogP contribution in [0.5, 0.6) is 11.5 Å². The molecule has 9 nitrogen and oxygen atoms in total. The molecule has 0 aliphatic rings. The van der Waals surface area contributed by atoms with Crippen LogP contribution in [-0.2, 0) is 21.4 Å². The van der Waals surface area contributed by atoms with E-state index in [1.54, 1.807) is 55.5 Å². The van der Waals surface area contributed by atoms with E-state index in [9.17, 15) is 18.3 Å². The van der Waals surface area contributed by atoms with Gasteiger partial charge in [-0.3, -0.25) is 4.79 Å². The molecule has 10 heteroatoms. The fourth-order valence-corrected chi connectivity index (χ4v) is 4.21. The van der Waals surface area contributed by atoms with Gasteiger partial charge in [-0.15, -0.1) is 0 Å². The van der Waals surface area contributed by atoms with Gasteiger partial charge in [-0.1, -0.05) is 24.3 Å². The predicted octanol–water partition coefficient (Wildman–Crippen LogP) is 2.73. The number of hydrazone groups is 1. The second-order valence-electron chi connectivity index (χ2n) is 6.59. The normalized spacial score (nSPS) is 11.7. The molecule has 3 rings (SSSR count). The van der Waals surface area contributed by atoms with Crippen LogP contribution in [0.2, 0.25) is 0 Å². The fourth-order valence-electron chi connectivity index (χ4n) is 2.83. The summed E-state index contributed by atoms with van der Waals surface area (Å²) in [5.74, 6) is -0.0916. The van der Waals surface area contributed by atoms with Gasteiger partial charge in [-0.25, -0.2) is 13.8 Å². The molecule has 0 saturated carbocycles. The van der Waals surface area contributed by atoms with Crippen LogP contribution in [0.15, 0.2) is 81.3 Å². The molecule has 2 N–H and O–H groups in total. The number of hydrogen-bond acceptors (Lipinski definition) is 7. The summed E-state index contributed by atoms with van der Waals surface area (Å²) in [6.45, 7) is 1.56. The van der Waals surface area contributed by atoms with Crippen LogP contribution in [0.3, 0.4) is 0 Å². The highest BCUT2D eigenvalue weighted by molar-refractivity contribution is 7.89. The Morgan fingerprint density at radius 2 is 1.94 bits per heavy atom. The summed E-state index contributed by atoms with van der Waals surface area (Å²) in [6.07, 6.45) is 2.67. The lowest BCUT2D eigenvalue weighted by Crippen LogP contribution is -2.38. The molecule has 0 bridgehead atoms. The third-order valence-corrected chi connectivity index (χ3v) is 6.14. The second-order valence-corrected chi connectivity index (χ2v) is 8.52. The first-order valence-electron chi connectivity index (χ1n) is 9.76. The molecule has 0 fully saturated rings. The Morgan fingerprint density at radius 3 is 2.62 bits per heavy atom. The fraction of sp³-hybridized carbons (Fsp3) is 0.182. The van der Waals surface area contributed by atoms with Crippen molar-refractivity contribution in [3.63, 3.8) is 0 Å². The summed E-state index contributed by atoms with van der Waals surface area (Å²) in [7, 11) is -3.96. The highest BCUT2D eigenvalue weighted by Gasteiger charge is 2.27. The Balaban J connectivity index is 1.73. The van der Waals surface area contributed by atoms with Gasteiger partial charge < -0.3 is 14.3 Å². The molecule has 1 heterocycles. The lowest BCUT2D eigenvalue weighted by atomic mass is 10.2. The molecule has 2 aromatic carbocycles. The molecule has 0 atom stereocenters. The topological polar surface area (TPSA) is 121 Å². The van der Waals surface area contributed by atoms with Crippen LogP contribution < -0.4 is 10.2 Å². The van der Waals surface area contributed by atoms with E-state index in [2.05, 4.69) is 10.5 Å². The molecule has 32 heavy (non-hydrogen) atoms. The zero-order chi connectivity index (χ0) is 23.0. The molecule has 0 aliphatic carbocycles. The van der Waals surface area contributed by atoms with Gasteiger partial charge in [0.05, 0.1) is 37.1 Å². The largest absolute Gasteiger partial charge is 0.504 e. The van der Waals surface area contributed by atoms with E-state index >= 15 is 0 Å². The van der Waals surface area contributed by atoms with E-state index in [4.69, 9.17) is 9.15 Å². The van der Waals surface area contributed by atoms with Crippen LogP contribution in [0, 0.1) is 0 Å². The quantitative estimate of drug-likeness (QED) is 0.357. The van der Waals surface area contributed by atoms with Crippen LogP contribution in [0.25, 0.3) is 0 Å². The third-order valence-electron chi connectivity index (χ3n) is 4.34. The van der Waals surface area contributed by atoms with Gasteiger partial charge in [0.25, 0.3) is 5.91 Å². The minimum Gasteiger partial charge on any atom is -0.504 e. The predicted molar refractivity (Wildman–Crippen MR) is 118 cm³/mol. The standard InChI is InChI=1S/C22H23N3O6S/c1-2-30-20-12-6-8-17(22(20)27)14-23-24-21(26)16-25(15-18-9-7-13-31-18)32(28,29)19-10-4-3-5-11-19/h3-14,27H,2,15-16H2,1H3,(H,24,26)/b23-14-. The summed E-state index contributed by atoms with van der Waals surface area (Å²) in [4.78, 5) is 12.5. The van der Waals surface area contributed by atoms with E-state index in [1.165, 1.54) is 24.6 Å². The van der Waals surface area contributed by atoms with Gasteiger partial charge in [0, 0.05) is 5.56 Å². The maximum atomic E-state index is 13.1. The number of nitrogens with one attached hydrogen (secondary N) is 1. The first kappa shape index (κ1) is 23.0. The van der Waals surface area contributed by atoms with Crippen molar-refractivity contribution in [3.8, 4) is 11.5 Å². The molecular weight excluding hydrogens is 434 g/mol. The van der Waals surface area contributed by atoms with Crippen LogP contribution in [0.4, 0.5) is 0 Å². The van der Waals surface area contributed by atoms with Gasteiger partial charge in [0.2, 0.25) is 10.0 Å². The summed E-state index contributed by atoms with van der Waals surface area (Å²) in [6, 6.07) is 15.9. The number of para-hydroxylation sites is 1. The average molecular weight is 458 g/mol. The number of carbonyl (C=O) groups excluding carboxylic acids is 1. The number of benzene rings is 2. The molecule has 0 aliphatic heterocycles. The Kier molecular flexibility index (Phi) is 7.63. The minimum absolute atomic E-state index is 0.0560. The number of carbonyl (C=O) groups is 1. The molecule has 0 saturated heterocycles.